The van der Waals surface area contributed by atoms with Crippen LogP contribution >= 0.6 is 0 Å². The monoisotopic (exact) mass is 404 g/mol. The highest BCUT2D eigenvalue weighted by atomic mass is 16.5. The van der Waals surface area contributed by atoms with Gasteiger partial charge >= 0.3 is 0 Å². The lowest BCUT2D eigenvalue weighted by atomic mass is 10.1. The Morgan fingerprint density at radius 1 is 0.900 bits per heavy atom. The van der Waals surface area contributed by atoms with Crippen molar-refractivity contribution in [2.75, 3.05) is 18.1 Å². The molecule has 0 spiro atoms. The topological polar surface area (TPSA) is 51.7 Å². The van der Waals surface area contributed by atoms with Crippen LogP contribution in [-0.4, -0.2) is 29.7 Å². The summed E-state index contributed by atoms with van der Waals surface area (Å²) in [7, 11) is 0. The Morgan fingerprint density at radius 3 is 2.17 bits per heavy atom. The van der Waals surface area contributed by atoms with Crippen molar-refractivity contribution in [1.29, 1.82) is 0 Å². The molecule has 2 aromatic carbocycles. The largest absolute Gasteiger partial charge is 0.475 e. The summed E-state index contributed by atoms with van der Waals surface area (Å²) in [6.07, 6.45) is 1.56. The Labute approximate surface area is 178 Å². The van der Waals surface area contributed by atoms with Crippen molar-refractivity contribution in [3.05, 3.63) is 90.1 Å². The lowest BCUT2D eigenvalue weighted by molar-refractivity contribution is -0.0168. The van der Waals surface area contributed by atoms with E-state index < -0.39 is 0 Å². The molecule has 0 aliphatic rings. The zero-order valence-corrected chi connectivity index (χ0v) is 17.7. The molecule has 0 fully saturated rings. The quantitative estimate of drug-likeness (QED) is 0.489. The van der Waals surface area contributed by atoms with E-state index in [-0.39, 0.29) is 11.5 Å². The lowest BCUT2D eigenvalue weighted by Gasteiger charge is -2.23. The second kappa shape index (κ2) is 10.0. The Hall–Kier alpha value is -3.18. The fourth-order valence-electron chi connectivity index (χ4n) is 2.90. The fraction of sp³-hybridized carbons (Fsp3) is 0.280. The fourth-order valence-corrected chi connectivity index (χ4v) is 2.90. The average molecular weight is 405 g/mol. The third-order valence-corrected chi connectivity index (χ3v) is 4.35. The molecule has 0 aliphatic carbocycles. The van der Waals surface area contributed by atoms with Crippen LogP contribution in [0.25, 0.3) is 0 Å². The van der Waals surface area contributed by atoms with Gasteiger partial charge in [-0.1, -0.05) is 48.5 Å². The molecule has 0 N–H and O–H groups in total. The number of ether oxygens (including phenoxy) is 2. The van der Waals surface area contributed by atoms with E-state index in [4.69, 9.17) is 9.47 Å². The highest BCUT2D eigenvalue weighted by molar-refractivity contribution is 6.05. The van der Waals surface area contributed by atoms with E-state index >= 15 is 0 Å². The molecular formula is C25H28N2O3. The predicted octanol–water partition coefficient (Wildman–Crippen LogP) is 5.12. The molecular weight excluding hydrogens is 376 g/mol. The van der Waals surface area contributed by atoms with Crippen molar-refractivity contribution < 1.29 is 14.3 Å². The van der Waals surface area contributed by atoms with Crippen LogP contribution in [0.1, 0.15) is 36.7 Å². The molecule has 1 aromatic heterocycles. The minimum Gasteiger partial charge on any atom is -0.475 e. The van der Waals surface area contributed by atoms with Gasteiger partial charge in [0.25, 0.3) is 5.91 Å². The number of carbonyl (C=O) groups is 1. The van der Waals surface area contributed by atoms with Gasteiger partial charge in [-0.15, -0.1) is 0 Å². The number of pyridine rings is 1. The predicted molar refractivity (Wildman–Crippen MR) is 119 cm³/mol. The van der Waals surface area contributed by atoms with Gasteiger partial charge in [-0.3, -0.25) is 4.79 Å². The average Bonchev–Trinajstić information content (AvgIpc) is 2.76. The minimum atomic E-state index is -0.202. The molecule has 0 aliphatic heterocycles. The first-order valence-electron chi connectivity index (χ1n) is 10.1. The zero-order chi connectivity index (χ0) is 21.4. The Balaban J connectivity index is 1.70. The van der Waals surface area contributed by atoms with Gasteiger partial charge in [-0.2, -0.15) is 0 Å². The van der Waals surface area contributed by atoms with Crippen LogP contribution in [0.4, 0.5) is 5.69 Å². The molecule has 1 amide bonds. The zero-order valence-electron chi connectivity index (χ0n) is 17.7. The number of hydrogen-bond donors (Lipinski definition) is 0. The number of aromatic nitrogens is 1. The van der Waals surface area contributed by atoms with Gasteiger partial charge in [0.05, 0.1) is 24.3 Å². The van der Waals surface area contributed by atoms with Crippen LogP contribution < -0.4 is 9.64 Å². The van der Waals surface area contributed by atoms with Crippen LogP contribution in [0.15, 0.2) is 79.0 Å². The van der Waals surface area contributed by atoms with Gasteiger partial charge in [0.1, 0.15) is 6.61 Å². The molecule has 5 heteroatoms. The minimum absolute atomic E-state index is 0.111. The maximum atomic E-state index is 13.3. The molecule has 1 heterocycles. The van der Waals surface area contributed by atoms with Gasteiger partial charge in [-0.25, -0.2) is 4.98 Å². The van der Waals surface area contributed by atoms with Crippen LogP contribution in [0.3, 0.4) is 0 Å². The Kier molecular flexibility index (Phi) is 7.20. The summed E-state index contributed by atoms with van der Waals surface area (Å²) in [4.78, 5) is 19.3. The van der Waals surface area contributed by atoms with Gasteiger partial charge in [-0.05, 0) is 44.5 Å². The molecule has 156 valence electrons. The highest BCUT2D eigenvalue weighted by Gasteiger charge is 2.18. The summed E-state index contributed by atoms with van der Waals surface area (Å²) in [6.45, 7) is 7.36. The number of para-hydroxylation sites is 1. The molecule has 0 saturated heterocycles. The molecule has 3 rings (SSSR count). The molecule has 0 unspecified atom stereocenters. The summed E-state index contributed by atoms with van der Waals surface area (Å²) in [5.41, 5.74) is 2.20. The lowest BCUT2D eigenvalue weighted by Crippen LogP contribution is -2.30. The van der Waals surface area contributed by atoms with E-state index in [1.54, 1.807) is 23.2 Å². The number of hydrogen-bond acceptors (Lipinski definition) is 4. The second-order valence-corrected chi connectivity index (χ2v) is 7.91. The Morgan fingerprint density at radius 2 is 1.57 bits per heavy atom. The van der Waals surface area contributed by atoms with E-state index in [1.165, 1.54) is 0 Å². The van der Waals surface area contributed by atoms with Crippen molar-refractivity contribution in [2.24, 2.45) is 0 Å². The van der Waals surface area contributed by atoms with Crippen molar-refractivity contribution >= 4 is 11.6 Å². The summed E-state index contributed by atoms with van der Waals surface area (Å²) >= 11 is 0. The highest BCUT2D eigenvalue weighted by Crippen LogP contribution is 2.20. The van der Waals surface area contributed by atoms with Crippen LogP contribution in [0.5, 0.6) is 5.88 Å². The Bertz CT molecular complexity index is 920. The summed E-state index contributed by atoms with van der Waals surface area (Å²) < 4.78 is 11.3. The molecule has 0 atom stereocenters. The summed E-state index contributed by atoms with van der Waals surface area (Å²) in [5, 5.41) is 0. The maximum Gasteiger partial charge on any atom is 0.260 e. The number of benzene rings is 2. The van der Waals surface area contributed by atoms with E-state index in [0.29, 0.717) is 31.2 Å². The standard InChI is InChI=1S/C25H28N2O3/c1-25(2,3)30-17-16-29-23-15-14-21(18-26-23)24(28)27(22-12-8-5-9-13-22)19-20-10-6-4-7-11-20/h4-15,18H,16-17,19H2,1-3H3. The number of amides is 1. The third kappa shape index (κ3) is 6.42. The molecule has 0 saturated carbocycles. The van der Waals surface area contributed by atoms with Gasteiger partial charge in [0.15, 0.2) is 0 Å². The molecule has 30 heavy (non-hydrogen) atoms. The second-order valence-electron chi connectivity index (χ2n) is 7.91. The number of anilines is 1. The summed E-state index contributed by atoms with van der Waals surface area (Å²) in [6, 6.07) is 23.1. The smallest absolute Gasteiger partial charge is 0.260 e. The van der Waals surface area contributed by atoms with Crippen LogP contribution in [-0.2, 0) is 11.3 Å². The van der Waals surface area contributed by atoms with E-state index in [9.17, 15) is 4.79 Å². The molecule has 3 aromatic rings. The van der Waals surface area contributed by atoms with E-state index in [1.807, 2.05) is 81.4 Å². The number of rotatable bonds is 8. The number of carbonyl (C=O) groups excluding carboxylic acids is 1. The van der Waals surface area contributed by atoms with Gasteiger partial charge in [0, 0.05) is 18.0 Å². The van der Waals surface area contributed by atoms with Crippen molar-refractivity contribution in [1.82, 2.24) is 4.98 Å². The van der Waals surface area contributed by atoms with Crippen molar-refractivity contribution in [2.45, 2.75) is 32.9 Å². The third-order valence-electron chi connectivity index (χ3n) is 4.35. The normalized spacial score (nSPS) is 11.2. The first-order chi connectivity index (χ1) is 14.4. The summed E-state index contributed by atoms with van der Waals surface area (Å²) in [5.74, 6) is 0.360. The van der Waals surface area contributed by atoms with Gasteiger partial charge in [0.2, 0.25) is 5.88 Å². The molecule has 0 radical (unpaired) electrons. The first-order valence-corrected chi connectivity index (χ1v) is 10.1. The molecule has 5 nitrogen and oxygen atoms in total. The van der Waals surface area contributed by atoms with Crippen molar-refractivity contribution in [3.63, 3.8) is 0 Å². The van der Waals surface area contributed by atoms with Gasteiger partial charge < -0.3 is 14.4 Å². The molecule has 0 bridgehead atoms. The maximum absolute atomic E-state index is 13.3. The number of nitrogens with zero attached hydrogens (tertiary/aromatic N) is 2. The van der Waals surface area contributed by atoms with Crippen LogP contribution in [0, 0.1) is 0 Å². The van der Waals surface area contributed by atoms with E-state index in [2.05, 4.69) is 4.98 Å². The first kappa shape index (κ1) is 21.5. The van der Waals surface area contributed by atoms with Crippen LogP contribution in [0.2, 0.25) is 0 Å². The SMILES string of the molecule is CC(C)(C)OCCOc1ccc(C(=O)N(Cc2ccccc2)c2ccccc2)cn1. The van der Waals surface area contributed by atoms with Crippen molar-refractivity contribution in [3.8, 4) is 5.88 Å². The van der Waals surface area contributed by atoms with E-state index in [0.717, 1.165) is 11.3 Å².